The van der Waals surface area contributed by atoms with Crippen molar-refractivity contribution >= 4 is 29.4 Å². The predicted octanol–water partition coefficient (Wildman–Crippen LogP) is 5.20. The highest BCUT2D eigenvalue weighted by Crippen LogP contribution is 2.34. The van der Waals surface area contributed by atoms with Crippen LogP contribution in [0, 0.1) is 0 Å². The summed E-state index contributed by atoms with van der Waals surface area (Å²) in [6.45, 7) is 5.64. The summed E-state index contributed by atoms with van der Waals surface area (Å²) in [5, 5.41) is 1.98. The third-order valence-corrected chi connectivity index (χ3v) is 3.72. The molecule has 1 unspecified atom stereocenters. The Bertz CT molecular complexity index is 676. The number of nitrogens with one attached hydrogen (secondary N) is 1. The number of halogens is 4. The zero-order valence-corrected chi connectivity index (χ0v) is 15.0. The first-order valence-corrected chi connectivity index (χ1v) is 8.07. The van der Waals surface area contributed by atoms with E-state index in [1.807, 2.05) is 6.92 Å². The van der Waals surface area contributed by atoms with E-state index in [1.54, 1.807) is 0 Å². The molecule has 144 valence electrons. The van der Waals surface area contributed by atoms with Gasteiger partial charge in [-0.05, 0) is 36.6 Å². The van der Waals surface area contributed by atoms with E-state index in [1.165, 1.54) is 0 Å². The average molecular weight is 394 g/mol. The number of hydrogen-bond donors (Lipinski definition) is 1. The second kappa shape index (κ2) is 9.47. The zero-order chi connectivity index (χ0) is 19.9. The molecule has 1 rings (SSSR count). The molecule has 0 saturated carbocycles. The van der Waals surface area contributed by atoms with Crippen molar-refractivity contribution in [1.82, 2.24) is 0 Å². The van der Waals surface area contributed by atoms with E-state index in [9.17, 15) is 22.8 Å². The second-order valence-corrected chi connectivity index (χ2v) is 5.79. The molecule has 0 radical (unpaired) electrons. The van der Waals surface area contributed by atoms with Gasteiger partial charge in [-0.15, -0.1) is 0 Å². The van der Waals surface area contributed by atoms with E-state index in [0.717, 1.165) is 32.1 Å². The maximum atomic E-state index is 12.8. The Morgan fingerprint density at radius 3 is 2.54 bits per heavy atom. The van der Waals surface area contributed by atoms with Crippen LogP contribution in [0.3, 0.4) is 0 Å². The van der Waals surface area contributed by atoms with Crippen molar-refractivity contribution in [3.8, 4) is 0 Å². The predicted molar refractivity (Wildman–Crippen MR) is 91.0 cm³/mol. The largest absolute Gasteiger partial charge is 0.466 e. The lowest BCUT2D eigenvalue weighted by Crippen LogP contribution is -2.32. The molecular formula is C17H19ClF3NO4. The summed E-state index contributed by atoms with van der Waals surface area (Å²) in [5.41, 5.74) is -0.965. The topological polar surface area (TPSA) is 64.6 Å². The fraction of sp³-hybridized carbons (Fsp3) is 0.412. The molecule has 0 bridgehead atoms. The number of unbranched alkanes of at least 4 members (excludes halogenated alkanes) is 1. The Balaban J connectivity index is 2.91. The van der Waals surface area contributed by atoms with Crippen LogP contribution in [0.4, 0.5) is 23.7 Å². The van der Waals surface area contributed by atoms with Crippen molar-refractivity contribution < 1.29 is 32.2 Å². The summed E-state index contributed by atoms with van der Waals surface area (Å²) in [7, 11) is 1.12. The normalized spacial score (nSPS) is 12.2. The number of hydrogen-bond acceptors (Lipinski definition) is 4. The standard InChI is InChI=1S/C17H19ClF3NO4/c1-4-5-6-10(2)14(15(23)25-3)26-16(24)22-13-9-11(17(19,20)21)7-8-12(13)18/h7-9,14H,2,4-6H2,1,3H3,(H,22,24). The van der Waals surface area contributed by atoms with Gasteiger partial charge in [0.25, 0.3) is 0 Å². The fourth-order valence-electron chi connectivity index (χ4n) is 1.98. The number of ether oxygens (including phenoxy) is 2. The summed E-state index contributed by atoms with van der Waals surface area (Å²) in [5.74, 6) is -0.837. The monoisotopic (exact) mass is 393 g/mol. The van der Waals surface area contributed by atoms with Gasteiger partial charge in [0.1, 0.15) is 0 Å². The minimum absolute atomic E-state index is 0.116. The molecule has 9 heteroatoms. The first-order chi connectivity index (χ1) is 12.1. The fourth-order valence-corrected chi connectivity index (χ4v) is 2.15. The minimum Gasteiger partial charge on any atom is -0.466 e. The molecule has 5 nitrogen and oxygen atoms in total. The van der Waals surface area contributed by atoms with E-state index in [0.29, 0.717) is 18.1 Å². The average Bonchev–Trinajstić information content (AvgIpc) is 2.57. The molecule has 0 fully saturated rings. The van der Waals surface area contributed by atoms with Crippen LogP contribution in [0.5, 0.6) is 0 Å². The van der Waals surface area contributed by atoms with Crippen LogP contribution in [0.2, 0.25) is 5.02 Å². The maximum Gasteiger partial charge on any atom is 0.416 e. The summed E-state index contributed by atoms with van der Waals surface area (Å²) < 4.78 is 47.8. The lowest BCUT2D eigenvalue weighted by atomic mass is 10.1. The van der Waals surface area contributed by atoms with Gasteiger partial charge in [0.05, 0.1) is 23.4 Å². The van der Waals surface area contributed by atoms with Gasteiger partial charge in [0, 0.05) is 0 Å². The van der Waals surface area contributed by atoms with Crippen molar-refractivity contribution in [3.05, 3.63) is 40.9 Å². The number of carbonyl (C=O) groups excluding carboxylic acids is 2. The zero-order valence-electron chi connectivity index (χ0n) is 14.3. The van der Waals surface area contributed by atoms with Crippen LogP contribution < -0.4 is 5.32 Å². The quantitative estimate of drug-likeness (QED) is 0.511. The van der Waals surface area contributed by atoms with Gasteiger partial charge in [0.2, 0.25) is 6.10 Å². The molecule has 26 heavy (non-hydrogen) atoms. The van der Waals surface area contributed by atoms with Crippen molar-refractivity contribution in [2.75, 3.05) is 12.4 Å². The Morgan fingerprint density at radius 2 is 2.00 bits per heavy atom. The van der Waals surface area contributed by atoms with Gasteiger partial charge in [-0.3, -0.25) is 5.32 Å². The Kier molecular flexibility index (Phi) is 7.95. The van der Waals surface area contributed by atoms with E-state index in [4.69, 9.17) is 16.3 Å². The summed E-state index contributed by atoms with van der Waals surface area (Å²) >= 11 is 5.80. The first-order valence-electron chi connectivity index (χ1n) is 7.70. The Labute approximate surface area is 154 Å². The molecule has 1 aromatic carbocycles. The van der Waals surface area contributed by atoms with Gasteiger partial charge in [-0.1, -0.05) is 31.5 Å². The van der Waals surface area contributed by atoms with Crippen molar-refractivity contribution in [2.24, 2.45) is 0 Å². The molecule has 1 amide bonds. The summed E-state index contributed by atoms with van der Waals surface area (Å²) in [4.78, 5) is 23.8. The van der Waals surface area contributed by atoms with E-state index in [2.05, 4.69) is 16.6 Å². The van der Waals surface area contributed by atoms with Gasteiger partial charge in [0.15, 0.2) is 0 Å². The molecule has 0 spiro atoms. The van der Waals surface area contributed by atoms with Crippen LogP contribution in [-0.2, 0) is 20.4 Å². The highest BCUT2D eigenvalue weighted by atomic mass is 35.5. The van der Waals surface area contributed by atoms with Crippen LogP contribution in [0.15, 0.2) is 30.4 Å². The van der Waals surface area contributed by atoms with Crippen LogP contribution in [0.1, 0.15) is 31.7 Å². The van der Waals surface area contributed by atoms with Crippen LogP contribution in [-0.4, -0.2) is 25.3 Å². The molecule has 0 heterocycles. The molecule has 0 saturated heterocycles. The lowest BCUT2D eigenvalue weighted by Gasteiger charge is -2.19. The number of amides is 1. The summed E-state index contributed by atoms with van der Waals surface area (Å²) in [6, 6.07) is 2.45. The first kappa shape index (κ1) is 21.8. The Morgan fingerprint density at radius 1 is 1.35 bits per heavy atom. The van der Waals surface area contributed by atoms with E-state index >= 15 is 0 Å². The molecular weight excluding hydrogens is 375 g/mol. The van der Waals surface area contributed by atoms with Crippen molar-refractivity contribution in [3.63, 3.8) is 0 Å². The third kappa shape index (κ3) is 6.25. The number of rotatable bonds is 7. The molecule has 0 aromatic heterocycles. The smallest absolute Gasteiger partial charge is 0.416 e. The second-order valence-electron chi connectivity index (χ2n) is 5.39. The van der Waals surface area contributed by atoms with Crippen molar-refractivity contribution in [2.45, 2.75) is 38.5 Å². The number of anilines is 1. The molecule has 0 aliphatic rings. The van der Waals surface area contributed by atoms with Gasteiger partial charge in [-0.2, -0.15) is 13.2 Å². The molecule has 0 aliphatic carbocycles. The maximum absolute atomic E-state index is 12.8. The highest BCUT2D eigenvalue weighted by molar-refractivity contribution is 6.33. The van der Waals surface area contributed by atoms with Crippen molar-refractivity contribution in [1.29, 1.82) is 0 Å². The SMILES string of the molecule is C=C(CCCC)C(OC(=O)Nc1cc(C(F)(F)F)ccc1Cl)C(=O)OC. The molecule has 1 atom stereocenters. The van der Waals surface area contributed by atoms with Crippen LogP contribution in [0.25, 0.3) is 0 Å². The lowest BCUT2D eigenvalue weighted by molar-refractivity contribution is -0.148. The number of esters is 1. The van der Waals surface area contributed by atoms with Gasteiger partial charge < -0.3 is 9.47 Å². The molecule has 1 aromatic rings. The molecule has 1 N–H and O–H groups in total. The van der Waals surface area contributed by atoms with E-state index in [-0.39, 0.29) is 10.7 Å². The number of benzene rings is 1. The van der Waals surface area contributed by atoms with Crippen LogP contribution >= 0.6 is 11.6 Å². The Hall–Kier alpha value is -2.22. The summed E-state index contributed by atoms with van der Waals surface area (Å²) in [6.07, 6.45) is -5.15. The minimum atomic E-state index is -4.60. The third-order valence-electron chi connectivity index (χ3n) is 3.39. The number of alkyl halides is 3. The number of methoxy groups -OCH3 is 1. The van der Waals surface area contributed by atoms with Gasteiger partial charge >= 0.3 is 18.2 Å². The van der Waals surface area contributed by atoms with E-state index < -0.39 is 29.9 Å². The number of carbonyl (C=O) groups is 2. The highest BCUT2D eigenvalue weighted by Gasteiger charge is 2.31. The van der Waals surface area contributed by atoms with Gasteiger partial charge in [-0.25, -0.2) is 9.59 Å². The molecule has 0 aliphatic heterocycles.